The first-order chi connectivity index (χ1) is 8.27. The van der Waals surface area contributed by atoms with Crippen LogP contribution in [0.4, 0.5) is 17.1 Å². The number of para-hydroxylation sites is 3. The SMILES string of the molecule is [3H]N1Cc2ccccc2N(C)c2ccccc21. The van der Waals surface area contributed by atoms with Crippen molar-refractivity contribution in [1.29, 1.82) is 0 Å². The Kier molecular flexibility index (Phi) is 1.83. The van der Waals surface area contributed by atoms with Crippen molar-refractivity contribution in [3.63, 3.8) is 0 Å². The van der Waals surface area contributed by atoms with E-state index in [1.165, 1.54) is 11.3 Å². The van der Waals surface area contributed by atoms with Crippen LogP contribution >= 0.6 is 0 Å². The summed E-state index contributed by atoms with van der Waals surface area (Å²) < 4.78 is 8.12. The Labute approximate surface area is 97.0 Å². The second kappa shape index (κ2) is 3.56. The van der Waals surface area contributed by atoms with Crippen LogP contribution in [0.1, 0.15) is 5.56 Å². The summed E-state index contributed by atoms with van der Waals surface area (Å²) in [5.41, 5.74) is 4.38. The molecule has 1 aliphatic rings. The van der Waals surface area contributed by atoms with Gasteiger partial charge in [-0.2, -0.15) is 0 Å². The molecule has 0 saturated carbocycles. The van der Waals surface area contributed by atoms with Gasteiger partial charge in [-0.1, -0.05) is 30.3 Å². The lowest BCUT2D eigenvalue weighted by molar-refractivity contribution is 1.15. The monoisotopic (exact) mass is 212 g/mol. The highest BCUT2D eigenvalue weighted by molar-refractivity contribution is 5.79. The molecule has 16 heavy (non-hydrogen) atoms. The summed E-state index contributed by atoms with van der Waals surface area (Å²) in [4.78, 5) is 2.15. The summed E-state index contributed by atoms with van der Waals surface area (Å²) in [6.07, 6.45) is 0. The minimum Gasteiger partial charge on any atom is -0.379 e. The van der Waals surface area contributed by atoms with Gasteiger partial charge in [0, 0.05) is 19.3 Å². The average molecular weight is 212 g/mol. The van der Waals surface area contributed by atoms with Crippen molar-refractivity contribution in [3.05, 3.63) is 54.1 Å². The maximum Gasteiger partial charge on any atom is 0.160 e. The average Bonchev–Trinajstić information content (AvgIpc) is 2.48. The number of fused-ring (bicyclic) bond motifs is 2. The summed E-state index contributed by atoms with van der Waals surface area (Å²) in [5.74, 6) is 0. The van der Waals surface area contributed by atoms with Crippen molar-refractivity contribution in [2.24, 2.45) is 0 Å². The molecular weight excluding hydrogens is 196 g/mol. The Balaban J connectivity index is 2.22. The number of rotatable bonds is 0. The minimum atomic E-state index is 0.623. The van der Waals surface area contributed by atoms with Crippen molar-refractivity contribution < 1.29 is 1.41 Å². The quantitative estimate of drug-likeness (QED) is 0.720. The first-order valence-corrected chi connectivity index (χ1v) is 5.44. The third-order valence-corrected chi connectivity index (χ3v) is 3.02. The van der Waals surface area contributed by atoms with Gasteiger partial charge in [-0.25, -0.2) is 0 Å². The maximum atomic E-state index is 8.12. The molecule has 0 aromatic heterocycles. The molecule has 1 heterocycles. The number of nitrogens with zero attached hydrogens (tertiary/aromatic N) is 1. The third kappa shape index (κ3) is 1.34. The zero-order valence-electron chi connectivity index (χ0n) is 10.2. The van der Waals surface area contributed by atoms with Crippen LogP contribution in [0.2, 0.25) is 1.41 Å². The highest BCUT2D eigenvalue weighted by Gasteiger charge is 2.15. The fraction of sp³-hybridized carbons (Fsp3) is 0.143. The van der Waals surface area contributed by atoms with Crippen molar-refractivity contribution in [3.8, 4) is 0 Å². The molecule has 0 fully saturated rings. The van der Waals surface area contributed by atoms with Gasteiger partial charge in [-0.05, 0) is 23.8 Å². The molecule has 0 radical (unpaired) electrons. The second-order valence-electron chi connectivity index (χ2n) is 3.99. The summed E-state index contributed by atoms with van der Waals surface area (Å²) in [7, 11) is 2.05. The van der Waals surface area contributed by atoms with E-state index < -0.39 is 0 Å². The van der Waals surface area contributed by atoms with Gasteiger partial charge in [0.15, 0.2) is 1.41 Å². The van der Waals surface area contributed by atoms with E-state index in [2.05, 4.69) is 30.1 Å². The third-order valence-electron chi connectivity index (χ3n) is 3.02. The fourth-order valence-corrected chi connectivity index (χ4v) is 2.15. The van der Waals surface area contributed by atoms with E-state index in [-0.39, 0.29) is 0 Å². The van der Waals surface area contributed by atoms with E-state index in [1.807, 2.05) is 30.3 Å². The lowest BCUT2D eigenvalue weighted by Gasteiger charge is -2.20. The molecule has 80 valence electrons. The molecule has 0 bridgehead atoms. The van der Waals surface area contributed by atoms with Gasteiger partial charge >= 0.3 is 0 Å². The molecule has 2 aromatic rings. The summed E-state index contributed by atoms with van der Waals surface area (Å²) in [5, 5.41) is 1.55. The smallest absolute Gasteiger partial charge is 0.160 e. The first kappa shape index (κ1) is 8.22. The first-order valence-electron chi connectivity index (χ1n) is 5.89. The molecule has 0 amide bonds. The van der Waals surface area contributed by atoms with Gasteiger partial charge in [0.1, 0.15) is 0 Å². The molecule has 0 unspecified atom stereocenters. The molecule has 2 nitrogen and oxygen atoms in total. The number of hydrogen-bond acceptors (Lipinski definition) is 2. The predicted molar refractivity (Wildman–Crippen MR) is 68.3 cm³/mol. The topological polar surface area (TPSA) is 15.3 Å². The fourth-order valence-electron chi connectivity index (χ4n) is 2.15. The van der Waals surface area contributed by atoms with Crippen molar-refractivity contribution in [2.75, 3.05) is 17.3 Å². The molecule has 2 aromatic carbocycles. The minimum absolute atomic E-state index is 0.623. The highest BCUT2D eigenvalue weighted by Crippen LogP contribution is 2.35. The van der Waals surface area contributed by atoms with Gasteiger partial charge in [-0.3, -0.25) is 0 Å². The largest absolute Gasteiger partial charge is 0.379 e. The molecule has 0 spiro atoms. The van der Waals surface area contributed by atoms with E-state index in [0.29, 0.717) is 6.54 Å². The van der Waals surface area contributed by atoms with Crippen molar-refractivity contribution in [2.45, 2.75) is 6.54 Å². The summed E-state index contributed by atoms with van der Waals surface area (Å²) >= 11 is 0. The van der Waals surface area contributed by atoms with Crippen LogP contribution in [0.15, 0.2) is 48.5 Å². The zero-order chi connectivity index (χ0) is 11.8. The number of anilines is 3. The maximum absolute atomic E-state index is 8.12. The van der Waals surface area contributed by atoms with Gasteiger partial charge in [-0.15, -0.1) is 0 Å². The Morgan fingerprint density at radius 1 is 1.06 bits per heavy atom. The van der Waals surface area contributed by atoms with Crippen LogP contribution in [0.5, 0.6) is 0 Å². The lowest BCUT2D eigenvalue weighted by Crippen LogP contribution is -2.09. The van der Waals surface area contributed by atoms with Crippen LogP contribution in [-0.4, -0.2) is 7.05 Å². The highest BCUT2D eigenvalue weighted by atomic mass is 15.1. The van der Waals surface area contributed by atoms with E-state index >= 15 is 0 Å². The van der Waals surface area contributed by atoms with Gasteiger partial charge in [0.2, 0.25) is 0 Å². The lowest BCUT2D eigenvalue weighted by atomic mass is 10.1. The molecular formula is C14H14N2. The van der Waals surface area contributed by atoms with Crippen LogP contribution in [0.3, 0.4) is 0 Å². The van der Waals surface area contributed by atoms with E-state index in [4.69, 9.17) is 1.41 Å². The molecule has 0 aliphatic carbocycles. The zero-order valence-corrected chi connectivity index (χ0v) is 9.22. The van der Waals surface area contributed by atoms with Gasteiger partial charge in [0.25, 0.3) is 0 Å². The van der Waals surface area contributed by atoms with Crippen molar-refractivity contribution >= 4 is 17.1 Å². The summed E-state index contributed by atoms with van der Waals surface area (Å²) in [6, 6.07) is 16.3. The molecule has 1 N–H and O–H groups in total. The van der Waals surface area contributed by atoms with Gasteiger partial charge < -0.3 is 10.2 Å². The Hall–Kier alpha value is -1.96. The van der Waals surface area contributed by atoms with Crippen LogP contribution < -0.4 is 10.2 Å². The van der Waals surface area contributed by atoms with Crippen LogP contribution in [-0.2, 0) is 6.54 Å². The Morgan fingerprint density at radius 2 is 1.75 bits per heavy atom. The van der Waals surface area contributed by atoms with E-state index in [1.54, 1.807) is 5.31 Å². The van der Waals surface area contributed by atoms with Crippen LogP contribution in [0, 0.1) is 0 Å². The number of benzene rings is 2. The normalized spacial score (nSPS) is 14.9. The van der Waals surface area contributed by atoms with Crippen molar-refractivity contribution in [1.82, 2.24) is 0 Å². The Morgan fingerprint density at radius 3 is 2.62 bits per heavy atom. The molecule has 0 saturated heterocycles. The number of nitrogens with one attached hydrogen (secondary N) is 1. The molecule has 1 aliphatic heterocycles. The van der Waals surface area contributed by atoms with Crippen LogP contribution in [0.25, 0.3) is 0 Å². The summed E-state index contributed by atoms with van der Waals surface area (Å²) in [6.45, 7) is 0.623. The standard InChI is InChI=1S/C14H14N2/c1-16-13-8-4-2-6-11(13)10-15-12-7-3-5-9-14(12)16/h2-9,15H,10H2,1H3/i/hT. The molecule has 2 heteroatoms. The number of hydrogen-bond donors (Lipinski definition) is 1. The Bertz CT molecular complexity index is 553. The predicted octanol–water partition coefficient (Wildman–Crippen LogP) is 3.38. The molecule has 3 rings (SSSR count). The second-order valence-corrected chi connectivity index (χ2v) is 3.99. The van der Waals surface area contributed by atoms with Gasteiger partial charge in [0.05, 0.1) is 11.4 Å². The molecule has 0 atom stereocenters. The van der Waals surface area contributed by atoms with E-state index in [0.717, 1.165) is 11.4 Å². The van der Waals surface area contributed by atoms with E-state index in [9.17, 15) is 0 Å².